The highest BCUT2D eigenvalue weighted by Crippen LogP contribution is 2.32. The Morgan fingerprint density at radius 2 is 1.92 bits per heavy atom. The van der Waals surface area contributed by atoms with Crippen LogP contribution in [-0.2, 0) is 11.4 Å². The Morgan fingerprint density at radius 1 is 1.15 bits per heavy atom. The van der Waals surface area contributed by atoms with Gasteiger partial charge in [-0.1, -0.05) is 29.8 Å². The van der Waals surface area contributed by atoms with Gasteiger partial charge < -0.3 is 14.8 Å². The Kier molecular flexibility index (Phi) is 5.85. The third kappa shape index (κ3) is 4.59. The molecule has 2 aromatic carbocycles. The van der Waals surface area contributed by atoms with Crippen LogP contribution < -0.4 is 14.8 Å². The van der Waals surface area contributed by atoms with Gasteiger partial charge in [0, 0.05) is 5.02 Å². The van der Waals surface area contributed by atoms with Crippen molar-refractivity contribution in [3.05, 3.63) is 63.5 Å². The Hall–Kier alpha value is -2.44. The maximum Gasteiger partial charge on any atom is 0.264 e. The Balaban J connectivity index is 1.78. The minimum Gasteiger partial charge on any atom is -0.490 e. The number of hydrogen-bond acceptors (Lipinski definition) is 5. The monoisotopic (exact) mass is 388 g/mol. The molecule has 0 bridgehead atoms. The summed E-state index contributed by atoms with van der Waals surface area (Å²) >= 11 is 6.99. The molecule has 0 aromatic heterocycles. The molecule has 0 unspecified atom stereocenters. The molecule has 1 aliphatic rings. The molecule has 0 spiro atoms. The van der Waals surface area contributed by atoms with Crippen LogP contribution in [0.25, 0.3) is 6.08 Å². The van der Waals surface area contributed by atoms with E-state index in [0.29, 0.717) is 34.6 Å². The first kappa shape index (κ1) is 18.4. The molecule has 1 saturated heterocycles. The summed E-state index contributed by atoms with van der Waals surface area (Å²) in [5.74, 6) is 0.968. The van der Waals surface area contributed by atoms with Gasteiger partial charge in [-0.15, -0.1) is 0 Å². The minimum atomic E-state index is -0.263. The molecule has 5 nitrogen and oxygen atoms in total. The summed E-state index contributed by atoms with van der Waals surface area (Å²) < 4.78 is 11.5. The van der Waals surface area contributed by atoms with Crippen molar-refractivity contribution in [3.63, 3.8) is 0 Å². The third-order valence-electron chi connectivity index (χ3n) is 3.54. The average Bonchev–Trinajstić information content (AvgIpc) is 2.93. The van der Waals surface area contributed by atoms with Gasteiger partial charge in [0.1, 0.15) is 6.61 Å². The van der Waals surface area contributed by atoms with Gasteiger partial charge in [0.15, 0.2) is 16.7 Å². The fourth-order valence-electron chi connectivity index (χ4n) is 2.34. The smallest absolute Gasteiger partial charge is 0.264 e. The highest BCUT2D eigenvalue weighted by atomic mass is 35.5. The van der Waals surface area contributed by atoms with Crippen molar-refractivity contribution in [1.29, 1.82) is 5.41 Å². The van der Waals surface area contributed by atoms with Crippen molar-refractivity contribution in [1.82, 2.24) is 5.32 Å². The van der Waals surface area contributed by atoms with Gasteiger partial charge in [-0.3, -0.25) is 10.2 Å². The molecule has 26 heavy (non-hydrogen) atoms. The zero-order valence-corrected chi connectivity index (χ0v) is 15.6. The van der Waals surface area contributed by atoms with Gasteiger partial charge in [0.05, 0.1) is 11.5 Å². The van der Waals surface area contributed by atoms with Crippen LogP contribution in [0.15, 0.2) is 47.4 Å². The summed E-state index contributed by atoms with van der Waals surface area (Å²) in [6.45, 7) is 2.79. The van der Waals surface area contributed by atoms with Crippen LogP contribution in [0, 0.1) is 5.41 Å². The predicted octanol–water partition coefficient (Wildman–Crippen LogP) is 4.46. The van der Waals surface area contributed by atoms with E-state index in [2.05, 4.69) is 5.32 Å². The number of amidine groups is 1. The Labute approximate surface area is 160 Å². The van der Waals surface area contributed by atoms with E-state index in [4.69, 9.17) is 26.5 Å². The van der Waals surface area contributed by atoms with E-state index in [-0.39, 0.29) is 11.1 Å². The molecule has 134 valence electrons. The molecule has 1 heterocycles. The zero-order valence-electron chi connectivity index (χ0n) is 14.0. The van der Waals surface area contributed by atoms with E-state index in [1.54, 1.807) is 6.08 Å². The van der Waals surface area contributed by atoms with E-state index >= 15 is 0 Å². The number of nitrogens with one attached hydrogen (secondary N) is 2. The minimum absolute atomic E-state index is 0.134. The van der Waals surface area contributed by atoms with Crippen molar-refractivity contribution in [2.45, 2.75) is 13.5 Å². The normalized spacial score (nSPS) is 15.2. The number of benzene rings is 2. The van der Waals surface area contributed by atoms with Crippen molar-refractivity contribution in [3.8, 4) is 11.5 Å². The van der Waals surface area contributed by atoms with E-state index in [1.165, 1.54) is 0 Å². The van der Waals surface area contributed by atoms with Crippen molar-refractivity contribution in [2.75, 3.05) is 6.61 Å². The van der Waals surface area contributed by atoms with Crippen molar-refractivity contribution < 1.29 is 14.3 Å². The van der Waals surface area contributed by atoms with Gasteiger partial charge in [-0.2, -0.15) is 0 Å². The highest BCUT2D eigenvalue weighted by molar-refractivity contribution is 8.18. The van der Waals surface area contributed by atoms with Gasteiger partial charge in [-0.05, 0) is 60.2 Å². The summed E-state index contributed by atoms with van der Waals surface area (Å²) in [5.41, 5.74) is 1.81. The number of amides is 1. The Morgan fingerprint density at radius 3 is 2.58 bits per heavy atom. The fraction of sp³-hybridized carbons (Fsp3) is 0.158. The number of carbonyl (C=O) groups excluding carboxylic acids is 1. The van der Waals surface area contributed by atoms with Crippen LogP contribution in [0.4, 0.5) is 0 Å². The molecular formula is C19H17ClN2O3S. The Bertz CT molecular complexity index is 866. The summed E-state index contributed by atoms with van der Waals surface area (Å²) in [6.07, 6.45) is 1.73. The average molecular weight is 389 g/mol. The largest absolute Gasteiger partial charge is 0.490 e. The van der Waals surface area contributed by atoms with Crippen LogP contribution in [-0.4, -0.2) is 17.7 Å². The third-order valence-corrected chi connectivity index (χ3v) is 4.62. The van der Waals surface area contributed by atoms with Crippen LogP contribution in [0.3, 0.4) is 0 Å². The van der Waals surface area contributed by atoms with E-state index in [0.717, 1.165) is 22.9 Å². The molecule has 1 aliphatic heterocycles. The number of hydrogen-bond donors (Lipinski definition) is 2. The molecule has 1 fully saturated rings. The lowest BCUT2D eigenvalue weighted by Gasteiger charge is -2.13. The van der Waals surface area contributed by atoms with E-state index < -0.39 is 0 Å². The molecule has 2 aromatic rings. The zero-order chi connectivity index (χ0) is 18.5. The molecule has 1 amide bonds. The van der Waals surface area contributed by atoms with Crippen molar-refractivity contribution >= 4 is 40.5 Å². The SMILES string of the molecule is CCOc1cc(/C=C2/SC(=N)NC2=O)ccc1OCc1ccc(Cl)cc1. The van der Waals surface area contributed by atoms with Crippen LogP contribution in [0.1, 0.15) is 18.1 Å². The van der Waals surface area contributed by atoms with Crippen LogP contribution >= 0.6 is 23.4 Å². The maximum atomic E-state index is 11.7. The summed E-state index contributed by atoms with van der Waals surface area (Å²) in [5, 5.41) is 10.8. The molecule has 7 heteroatoms. The van der Waals surface area contributed by atoms with Gasteiger partial charge in [0.25, 0.3) is 5.91 Å². The molecule has 0 saturated carbocycles. The lowest BCUT2D eigenvalue weighted by atomic mass is 10.2. The van der Waals surface area contributed by atoms with Crippen LogP contribution in [0.5, 0.6) is 11.5 Å². The molecule has 3 rings (SSSR count). The number of ether oxygens (including phenoxy) is 2. The second-order valence-corrected chi connectivity index (χ2v) is 6.94. The van der Waals surface area contributed by atoms with Crippen LogP contribution in [0.2, 0.25) is 5.02 Å². The topological polar surface area (TPSA) is 71.4 Å². The predicted molar refractivity (Wildman–Crippen MR) is 105 cm³/mol. The van der Waals surface area contributed by atoms with Gasteiger partial charge in [0.2, 0.25) is 0 Å². The fourth-order valence-corrected chi connectivity index (χ4v) is 3.16. The molecule has 2 N–H and O–H groups in total. The lowest BCUT2D eigenvalue weighted by Crippen LogP contribution is -2.18. The summed E-state index contributed by atoms with van der Waals surface area (Å²) in [6, 6.07) is 12.9. The molecule has 0 aliphatic carbocycles. The van der Waals surface area contributed by atoms with Gasteiger partial charge in [-0.25, -0.2) is 0 Å². The lowest BCUT2D eigenvalue weighted by molar-refractivity contribution is -0.115. The maximum absolute atomic E-state index is 11.7. The molecular weight excluding hydrogens is 372 g/mol. The van der Waals surface area contributed by atoms with Crippen molar-refractivity contribution in [2.24, 2.45) is 0 Å². The first-order valence-corrected chi connectivity index (χ1v) is 9.18. The molecule has 0 radical (unpaired) electrons. The quantitative estimate of drug-likeness (QED) is 0.717. The first-order valence-electron chi connectivity index (χ1n) is 7.98. The first-order chi connectivity index (χ1) is 12.5. The second-order valence-electron chi connectivity index (χ2n) is 5.45. The molecule has 0 atom stereocenters. The standard InChI is InChI=1S/C19H17ClN2O3S/c1-2-24-16-9-13(10-17-18(23)22-19(21)26-17)5-8-15(16)25-11-12-3-6-14(20)7-4-12/h3-10H,2,11H2,1H3,(H2,21,22,23)/b17-10+. The number of halogens is 1. The summed E-state index contributed by atoms with van der Waals surface area (Å²) in [7, 11) is 0. The number of rotatable bonds is 6. The van der Waals surface area contributed by atoms with E-state index in [1.807, 2.05) is 49.4 Å². The second kappa shape index (κ2) is 8.29. The number of carbonyl (C=O) groups is 1. The number of thioether (sulfide) groups is 1. The van der Waals surface area contributed by atoms with Gasteiger partial charge >= 0.3 is 0 Å². The summed E-state index contributed by atoms with van der Waals surface area (Å²) in [4.78, 5) is 12.2. The highest BCUT2D eigenvalue weighted by Gasteiger charge is 2.22. The van der Waals surface area contributed by atoms with E-state index in [9.17, 15) is 4.79 Å².